The molecule has 3 heteroatoms. The van der Waals surface area contributed by atoms with Crippen LogP contribution in [0.2, 0.25) is 5.02 Å². The first-order chi connectivity index (χ1) is 8.47. The molecule has 1 nitrogen and oxygen atoms in total. The van der Waals surface area contributed by atoms with Crippen molar-refractivity contribution in [1.82, 2.24) is 4.98 Å². The lowest BCUT2D eigenvalue weighted by Gasteiger charge is -2.19. The molecule has 2 rings (SSSR count). The molecule has 94 valence electrons. The zero-order valence-electron chi connectivity index (χ0n) is 10.8. The van der Waals surface area contributed by atoms with E-state index in [1.165, 1.54) is 5.56 Å². The Hall–Kier alpha value is -0.990. The third kappa shape index (κ3) is 3.27. The van der Waals surface area contributed by atoms with Crippen LogP contribution in [0.25, 0.3) is 0 Å². The molecule has 2 aromatic rings. The van der Waals surface area contributed by atoms with Crippen LogP contribution in [0.5, 0.6) is 0 Å². The minimum atomic E-state index is 0.128. The van der Waals surface area contributed by atoms with Crippen molar-refractivity contribution in [2.24, 2.45) is 0 Å². The van der Waals surface area contributed by atoms with Crippen molar-refractivity contribution in [3.63, 3.8) is 0 Å². The smallest absolute Gasteiger partial charge is 0.0548 e. The topological polar surface area (TPSA) is 12.9 Å². The summed E-state index contributed by atoms with van der Waals surface area (Å²) in [6, 6.07) is 10.3. The molecule has 0 unspecified atom stereocenters. The average Bonchev–Trinajstić information content (AvgIpc) is 2.32. The van der Waals surface area contributed by atoms with Crippen molar-refractivity contribution in [2.45, 2.75) is 36.0 Å². The molecule has 1 aromatic heterocycles. The molecule has 0 radical (unpaired) electrons. The SMILES string of the molecule is CC(C)(C)c1ccc(Sc2ccncc2)c(Cl)c1. The van der Waals surface area contributed by atoms with Crippen molar-refractivity contribution in [1.29, 1.82) is 0 Å². The largest absolute Gasteiger partial charge is 0.265 e. The Morgan fingerprint density at radius 3 is 2.28 bits per heavy atom. The molecule has 0 spiro atoms. The van der Waals surface area contributed by atoms with Crippen molar-refractivity contribution in [2.75, 3.05) is 0 Å². The molecular weight excluding hydrogens is 262 g/mol. The summed E-state index contributed by atoms with van der Waals surface area (Å²) in [4.78, 5) is 6.24. The molecule has 0 bridgehead atoms. The molecule has 0 aliphatic heterocycles. The number of benzene rings is 1. The molecule has 0 fully saturated rings. The van der Waals surface area contributed by atoms with E-state index in [1.807, 2.05) is 12.1 Å². The molecule has 18 heavy (non-hydrogen) atoms. The Bertz CT molecular complexity index is 532. The van der Waals surface area contributed by atoms with Crippen LogP contribution >= 0.6 is 23.4 Å². The molecular formula is C15H16ClNS. The molecule has 1 aromatic carbocycles. The van der Waals surface area contributed by atoms with Gasteiger partial charge in [0.15, 0.2) is 0 Å². The lowest BCUT2D eigenvalue weighted by molar-refractivity contribution is 0.590. The van der Waals surface area contributed by atoms with Crippen LogP contribution in [0.1, 0.15) is 26.3 Å². The van der Waals surface area contributed by atoms with E-state index in [4.69, 9.17) is 11.6 Å². The fourth-order valence-corrected chi connectivity index (χ4v) is 2.68. The lowest BCUT2D eigenvalue weighted by Crippen LogP contribution is -2.10. The van der Waals surface area contributed by atoms with Gasteiger partial charge in [0, 0.05) is 22.2 Å². The molecule has 0 saturated carbocycles. The molecule has 0 saturated heterocycles. The predicted molar refractivity (Wildman–Crippen MR) is 78.5 cm³/mol. The minimum Gasteiger partial charge on any atom is -0.265 e. The van der Waals surface area contributed by atoms with E-state index in [0.29, 0.717) is 0 Å². The number of pyridine rings is 1. The molecule has 0 amide bonds. The van der Waals surface area contributed by atoms with Crippen molar-refractivity contribution in [3.05, 3.63) is 53.3 Å². The molecule has 0 aliphatic carbocycles. The van der Waals surface area contributed by atoms with E-state index < -0.39 is 0 Å². The van der Waals surface area contributed by atoms with Gasteiger partial charge in [0.1, 0.15) is 0 Å². The van der Waals surface area contributed by atoms with E-state index in [9.17, 15) is 0 Å². The van der Waals surface area contributed by atoms with Gasteiger partial charge < -0.3 is 0 Å². The van der Waals surface area contributed by atoms with Gasteiger partial charge in [-0.1, -0.05) is 50.2 Å². The van der Waals surface area contributed by atoms with Gasteiger partial charge in [0.2, 0.25) is 0 Å². The van der Waals surface area contributed by atoms with Gasteiger partial charge >= 0.3 is 0 Å². The average molecular weight is 278 g/mol. The summed E-state index contributed by atoms with van der Waals surface area (Å²) in [5, 5.41) is 0.809. The number of halogens is 1. The first-order valence-corrected chi connectivity index (χ1v) is 7.04. The monoisotopic (exact) mass is 277 g/mol. The molecule has 0 atom stereocenters. The highest BCUT2D eigenvalue weighted by molar-refractivity contribution is 7.99. The number of hydrogen-bond donors (Lipinski definition) is 0. The fraction of sp³-hybridized carbons (Fsp3) is 0.267. The Morgan fingerprint density at radius 2 is 1.72 bits per heavy atom. The van der Waals surface area contributed by atoms with Gasteiger partial charge in [-0.15, -0.1) is 0 Å². The van der Waals surface area contributed by atoms with Gasteiger partial charge in [-0.3, -0.25) is 4.98 Å². The molecule has 0 aliphatic rings. The zero-order chi connectivity index (χ0) is 13.2. The Morgan fingerprint density at radius 1 is 1.06 bits per heavy atom. The zero-order valence-corrected chi connectivity index (χ0v) is 12.3. The van der Waals surface area contributed by atoms with Gasteiger partial charge in [-0.2, -0.15) is 0 Å². The second-order valence-electron chi connectivity index (χ2n) is 5.18. The predicted octanol–water partition coefficient (Wildman–Crippen LogP) is 5.18. The quantitative estimate of drug-likeness (QED) is 0.750. The van der Waals surface area contributed by atoms with E-state index in [1.54, 1.807) is 24.2 Å². The van der Waals surface area contributed by atoms with Crippen LogP contribution in [0, 0.1) is 0 Å². The Balaban J connectivity index is 2.26. The second kappa shape index (κ2) is 5.33. The third-order valence-electron chi connectivity index (χ3n) is 2.68. The summed E-state index contributed by atoms with van der Waals surface area (Å²) in [5.41, 5.74) is 1.38. The second-order valence-corrected chi connectivity index (χ2v) is 6.70. The highest BCUT2D eigenvalue weighted by Gasteiger charge is 2.15. The van der Waals surface area contributed by atoms with Crippen LogP contribution in [0.4, 0.5) is 0 Å². The van der Waals surface area contributed by atoms with Crippen molar-refractivity contribution in [3.8, 4) is 0 Å². The van der Waals surface area contributed by atoms with Crippen LogP contribution in [0.3, 0.4) is 0 Å². The normalized spacial score (nSPS) is 11.6. The van der Waals surface area contributed by atoms with Gasteiger partial charge in [-0.05, 0) is 35.2 Å². The summed E-state index contributed by atoms with van der Waals surface area (Å²) in [6.45, 7) is 6.57. The summed E-state index contributed by atoms with van der Waals surface area (Å²) in [6.07, 6.45) is 3.58. The van der Waals surface area contributed by atoms with Gasteiger partial charge in [-0.25, -0.2) is 0 Å². The summed E-state index contributed by atoms with van der Waals surface area (Å²) >= 11 is 8.01. The first kappa shape index (κ1) is 13.4. The summed E-state index contributed by atoms with van der Waals surface area (Å²) in [5.74, 6) is 0. The van der Waals surface area contributed by atoms with Crippen LogP contribution in [-0.2, 0) is 5.41 Å². The maximum absolute atomic E-state index is 6.35. The van der Waals surface area contributed by atoms with E-state index in [0.717, 1.165) is 14.8 Å². The Kier molecular flexibility index (Phi) is 3.98. The molecule has 1 heterocycles. The highest BCUT2D eigenvalue weighted by atomic mass is 35.5. The van der Waals surface area contributed by atoms with E-state index in [-0.39, 0.29) is 5.41 Å². The Labute approximate surface area is 118 Å². The third-order valence-corrected chi connectivity index (χ3v) is 4.18. The number of rotatable bonds is 2. The lowest BCUT2D eigenvalue weighted by atomic mass is 9.87. The van der Waals surface area contributed by atoms with Crippen molar-refractivity contribution >= 4 is 23.4 Å². The maximum Gasteiger partial charge on any atom is 0.0548 e. The number of hydrogen-bond acceptors (Lipinski definition) is 2. The fourth-order valence-electron chi connectivity index (χ4n) is 1.58. The number of nitrogens with zero attached hydrogens (tertiary/aromatic N) is 1. The summed E-state index contributed by atoms with van der Waals surface area (Å²) < 4.78 is 0. The van der Waals surface area contributed by atoms with E-state index >= 15 is 0 Å². The summed E-state index contributed by atoms with van der Waals surface area (Å²) in [7, 11) is 0. The standard InChI is InChI=1S/C15H16ClNS/c1-15(2,3)11-4-5-14(13(16)10-11)18-12-6-8-17-9-7-12/h4-10H,1-3H3. The van der Waals surface area contributed by atoms with Crippen molar-refractivity contribution < 1.29 is 0 Å². The number of aromatic nitrogens is 1. The van der Waals surface area contributed by atoms with Crippen LogP contribution < -0.4 is 0 Å². The maximum atomic E-state index is 6.35. The highest BCUT2D eigenvalue weighted by Crippen LogP contribution is 2.35. The van der Waals surface area contributed by atoms with E-state index in [2.05, 4.69) is 44.0 Å². The van der Waals surface area contributed by atoms with Gasteiger partial charge in [0.25, 0.3) is 0 Å². The minimum absolute atomic E-state index is 0.128. The van der Waals surface area contributed by atoms with Gasteiger partial charge in [0.05, 0.1) is 5.02 Å². The van der Waals surface area contributed by atoms with Crippen LogP contribution in [-0.4, -0.2) is 4.98 Å². The molecule has 0 N–H and O–H groups in total. The first-order valence-electron chi connectivity index (χ1n) is 5.85. The van der Waals surface area contributed by atoms with Crippen LogP contribution in [0.15, 0.2) is 52.5 Å².